The number of phenolic OH excluding ortho intramolecular Hbond substituents is 1. The zero-order valence-electron chi connectivity index (χ0n) is 8.88. The van der Waals surface area contributed by atoms with Crippen molar-refractivity contribution in [2.75, 3.05) is 7.11 Å². The average molecular weight is 220 g/mol. The minimum atomic E-state index is 0.245. The molecule has 5 nitrogen and oxygen atoms in total. The van der Waals surface area contributed by atoms with Crippen LogP contribution in [-0.4, -0.2) is 22.4 Å². The molecule has 1 heterocycles. The molecule has 0 amide bonds. The van der Waals surface area contributed by atoms with Gasteiger partial charge in [-0.05, 0) is 17.7 Å². The zero-order valence-corrected chi connectivity index (χ0v) is 8.88. The van der Waals surface area contributed by atoms with Crippen LogP contribution < -0.4 is 0 Å². The predicted octanol–water partition coefficient (Wildman–Crippen LogP) is 1.51. The molecule has 16 heavy (non-hydrogen) atoms. The van der Waals surface area contributed by atoms with Crippen LogP contribution in [0.15, 0.2) is 28.8 Å². The molecule has 5 heteroatoms. The molecule has 0 radical (unpaired) electrons. The van der Waals surface area contributed by atoms with Gasteiger partial charge in [0.1, 0.15) is 12.4 Å². The second-order valence-corrected chi connectivity index (χ2v) is 3.38. The lowest BCUT2D eigenvalue weighted by molar-refractivity contribution is 0.174. The van der Waals surface area contributed by atoms with E-state index in [1.165, 1.54) is 0 Å². The van der Waals surface area contributed by atoms with Gasteiger partial charge in [0.15, 0.2) is 5.82 Å². The molecule has 2 aromatic rings. The van der Waals surface area contributed by atoms with Crippen LogP contribution in [0.1, 0.15) is 17.3 Å². The lowest BCUT2D eigenvalue weighted by atomic mass is 10.1. The molecule has 0 fully saturated rings. The summed E-state index contributed by atoms with van der Waals surface area (Å²) in [6.45, 7) is 0.346. The van der Waals surface area contributed by atoms with Crippen LogP contribution in [0.3, 0.4) is 0 Å². The van der Waals surface area contributed by atoms with E-state index in [-0.39, 0.29) is 5.75 Å². The van der Waals surface area contributed by atoms with Gasteiger partial charge in [-0.25, -0.2) is 0 Å². The smallest absolute Gasteiger partial charge is 0.231 e. The minimum absolute atomic E-state index is 0.245. The number of hydrogen-bond acceptors (Lipinski definition) is 5. The third kappa shape index (κ3) is 2.58. The fourth-order valence-electron chi connectivity index (χ4n) is 1.34. The van der Waals surface area contributed by atoms with Crippen LogP contribution in [0.2, 0.25) is 0 Å². The van der Waals surface area contributed by atoms with Crippen LogP contribution in [-0.2, 0) is 17.8 Å². The molecule has 0 atom stereocenters. The summed E-state index contributed by atoms with van der Waals surface area (Å²) in [6.07, 6.45) is 0.553. The second-order valence-electron chi connectivity index (χ2n) is 3.38. The normalized spacial score (nSPS) is 10.6. The molecule has 2 rings (SSSR count). The maximum absolute atomic E-state index is 9.13. The van der Waals surface area contributed by atoms with Crippen LogP contribution in [0.25, 0.3) is 0 Å². The van der Waals surface area contributed by atoms with E-state index in [2.05, 4.69) is 10.1 Å². The third-order valence-corrected chi connectivity index (χ3v) is 2.08. The van der Waals surface area contributed by atoms with Crippen molar-refractivity contribution in [3.63, 3.8) is 0 Å². The molecule has 0 saturated carbocycles. The van der Waals surface area contributed by atoms with Crippen LogP contribution in [0.5, 0.6) is 5.75 Å². The van der Waals surface area contributed by atoms with Crippen LogP contribution >= 0.6 is 0 Å². The Morgan fingerprint density at radius 3 is 2.75 bits per heavy atom. The second kappa shape index (κ2) is 4.76. The zero-order chi connectivity index (χ0) is 11.4. The van der Waals surface area contributed by atoms with Crippen molar-refractivity contribution in [1.82, 2.24) is 10.1 Å². The van der Waals surface area contributed by atoms with Gasteiger partial charge in [0, 0.05) is 7.11 Å². The van der Waals surface area contributed by atoms with E-state index in [9.17, 15) is 0 Å². The van der Waals surface area contributed by atoms with Gasteiger partial charge in [0.05, 0.1) is 6.42 Å². The van der Waals surface area contributed by atoms with Gasteiger partial charge in [-0.15, -0.1) is 0 Å². The van der Waals surface area contributed by atoms with Gasteiger partial charge in [0.2, 0.25) is 5.89 Å². The number of aromatic nitrogens is 2. The van der Waals surface area contributed by atoms with E-state index in [1.807, 2.05) is 12.1 Å². The first-order chi connectivity index (χ1) is 7.78. The van der Waals surface area contributed by atoms with E-state index >= 15 is 0 Å². The first-order valence-electron chi connectivity index (χ1n) is 4.86. The Labute approximate surface area is 92.7 Å². The number of ether oxygens (including phenoxy) is 1. The first-order valence-corrected chi connectivity index (χ1v) is 4.86. The number of rotatable bonds is 4. The van der Waals surface area contributed by atoms with E-state index in [0.717, 1.165) is 5.56 Å². The molecule has 0 aliphatic heterocycles. The SMILES string of the molecule is COCc1noc(Cc2ccc(O)cc2)n1. The first kappa shape index (κ1) is 10.6. The summed E-state index contributed by atoms with van der Waals surface area (Å²) in [5.74, 6) is 1.32. The van der Waals surface area contributed by atoms with Crippen molar-refractivity contribution in [2.45, 2.75) is 13.0 Å². The molecule has 1 aromatic heterocycles. The molecule has 0 unspecified atom stereocenters. The number of hydrogen-bond donors (Lipinski definition) is 1. The molecule has 0 aliphatic carbocycles. The molecule has 0 aliphatic rings. The van der Waals surface area contributed by atoms with Gasteiger partial charge < -0.3 is 14.4 Å². The largest absolute Gasteiger partial charge is 0.508 e. The fraction of sp³-hybridized carbons (Fsp3) is 0.273. The fourth-order valence-corrected chi connectivity index (χ4v) is 1.34. The lowest BCUT2D eigenvalue weighted by Gasteiger charge is -1.96. The van der Waals surface area contributed by atoms with Crippen LogP contribution in [0.4, 0.5) is 0 Å². The predicted molar refractivity (Wildman–Crippen MR) is 55.9 cm³/mol. The van der Waals surface area contributed by atoms with Gasteiger partial charge >= 0.3 is 0 Å². The summed E-state index contributed by atoms with van der Waals surface area (Å²) in [4.78, 5) is 4.15. The van der Waals surface area contributed by atoms with Gasteiger partial charge in [-0.3, -0.25) is 0 Å². The van der Waals surface area contributed by atoms with Crippen molar-refractivity contribution in [2.24, 2.45) is 0 Å². The van der Waals surface area contributed by atoms with E-state index in [0.29, 0.717) is 24.7 Å². The summed E-state index contributed by atoms with van der Waals surface area (Å²) in [5, 5.41) is 12.9. The van der Waals surface area contributed by atoms with E-state index < -0.39 is 0 Å². The highest BCUT2D eigenvalue weighted by Crippen LogP contribution is 2.12. The Hall–Kier alpha value is -1.88. The quantitative estimate of drug-likeness (QED) is 0.845. The van der Waals surface area contributed by atoms with E-state index in [4.69, 9.17) is 14.4 Å². The number of methoxy groups -OCH3 is 1. The molecular weight excluding hydrogens is 208 g/mol. The number of benzene rings is 1. The summed E-state index contributed by atoms with van der Waals surface area (Å²) < 4.78 is 9.94. The third-order valence-electron chi connectivity index (χ3n) is 2.08. The van der Waals surface area contributed by atoms with Gasteiger partial charge in [-0.1, -0.05) is 17.3 Å². The maximum Gasteiger partial charge on any atom is 0.231 e. The Morgan fingerprint density at radius 1 is 1.31 bits per heavy atom. The average Bonchev–Trinajstić information content (AvgIpc) is 2.70. The highest BCUT2D eigenvalue weighted by molar-refractivity contribution is 5.27. The van der Waals surface area contributed by atoms with Crippen molar-refractivity contribution in [3.05, 3.63) is 41.5 Å². The number of aromatic hydroxyl groups is 1. The summed E-state index contributed by atoms with van der Waals surface area (Å²) in [7, 11) is 1.58. The summed E-state index contributed by atoms with van der Waals surface area (Å²) in [6, 6.07) is 6.88. The maximum atomic E-state index is 9.13. The number of nitrogens with zero attached hydrogens (tertiary/aromatic N) is 2. The topological polar surface area (TPSA) is 68.4 Å². The molecule has 0 spiro atoms. The Kier molecular flexibility index (Phi) is 3.16. The molecule has 1 aromatic carbocycles. The van der Waals surface area contributed by atoms with Crippen molar-refractivity contribution in [1.29, 1.82) is 0 Å². The molecule has 1 N–H and O–H groups in total. The van der Waals surface area contributed by atoms with E-state index in [1.54, 1.807) is 19.2 Å². The highest BCUT2D eigenvalue weighted by Gasteiger charge is 2.06. The molecular formula is C11H12N2O3. The standard InChI is InChI=1S/C11H12N2O3/c1-15-7-10-12-11(16-13-10)6-8-2-4-9(14)5-3-8/h2-5,14H,6-7H2,1H3. The minimum Gasteiger partial charge on any atom is -0.508 e. The van der Waals surface area contributed by atoms with Crippen molar-refractivity contribution < 1.29 is 14.4 Å². The number of phenols is 1. The van der Waals surface area contributed by atoms with Gasteiger partial charge in [-0.2, -0.15) is 4.98 Å². The monoisotopic (exact) mass is 220 g/mol. The molecule has 84 valence electrons. The summed E-state index contributed by atoms with van der Waals surface area (Å²) >= 11 is 0. The summed E-state index contributed by atoms with van der Waals surface area (Å²) in [5.41, 5.74) is 1.01. The Morgan fingerprint density at radius 2 is 2.06 bits per heavy atom. The van der Waals surface area contributed by atoms with Crippen molar-refractivity contribution >= 4 is 0 Å². The Bertz CT molecular complexity index is 451. The van der Waals surface area contributed by atoms with Gasteiger partial charge in [0.25, 0.3) is 0 Å². The molecule has 0 saturated heterocycles. The van der Waals surface area contributed by atoms with Crippen molar-refractivity contribution in [3.8, 4) is 5.75 Å². The molecule has 0 bridgehead atoms. The Balaban J connectivity index is 2.05. The lowest BCUT2D eigenvalue weighted by Crippen LogP contribution is -1.91. The van der Waals surface area contributed by atoms with Crippen LogP contribution in [0, 0.1) is 0 Å². The highest BCUT2D eigenvalue weighted by atomic mass is 16.5.